The van der Waals surface area contributed by atoms with Gasteiger partial charge in [0.1, 0.15) is 0 Å². The van der Waals surface area contributed by atoms with Crippen LogP contribution in [0.25, 0.3) is 0 Å². The Balaban J connectivity index is 1.25. The minimum atomic E-state index is 0.662. The van der Waals surface area contributed by atoms with E-state index in [1.54, 1.807) is 0 Å². The highest BCUT2D eigenvalue weighted by molar-refractivity contribution is 5.55. The molecule has 0 fully saturated rings. The molecule has 68 heavy (non-hydrogen) atoms. The molecule has 6 aromatic rings. The number of nitrogens with zero attached hydrogens (tertiary/aromatic N) is 6. The Hall–Kier alpha value is -5.66. The van der Waals surface area contributed by atoms with Crippen molar-refractivity contribution >= 4 is 11.9 Å². The SMILES string of the molecule is CCc1c2c(CC)c(CNc3nc(C)cc(C)n3)c(CC)c1CNCc1cccc(n1)CNCc1c(CC)c(c(CC)c(CNc3nc(C)cc(C)n3)c1CC)CNCc1cccc(n1)CNC2. The first kappa shape index (κ1) is 50.2. The lowest BCUT2D eigenvalue weighted by atomic mass is 9.83. The minimum absolute atomic E-state index is 0.662. The lowest BCUT2D eigenvalue weighted by Crippen LogP contribution is -2.25. The zero-order chi connectivity index (χ0) is 48.2. The van der Waals surface area contributed by atoms with Crippen LogP contribution in [-0.2, 0) is 104 Å². The number of hydrogen-bond donors (Lipinski definition) is 6. The van der Waals surface area contributed by atoms with Gasteiger partial charge in [0.25, 0.3) is 0 Å². The topological polar surface area (TPSA) is 150 Å². The molecular weight excluding hydrogens is 841 g/mol. The van der Waals surface area contributed by atoms with Gasteiger partial charge in [-0.05, 0) is 169 Å². The van der Waals surface area contributed by atoms with Crippen LogP contribution >= 0.6 is 0 Å². The summed E-state index contributed by atoms with van der Waals surface area (Å²) in [5.41, 5.74) is 24.8. The predicted octanol–water partition coefficient (Wildman–Crippen LogP) is 9.36. The average Bonchev–Trinajstić information content (AvgIpc) is 3.32. The second-order valence-electron chi connectivity index (χ2n) is 18.2. The summed E-state index contributed by atoms with van der Waals surface area (Å²) in [5.74, 6) is 1.35. The van der Waals surface area contributed by atoms with Crippen LogP contribution in [0.3, 0.4) is 0 Å². The quantitative estimate of drug-likeness (QED) is 0.0695. The van der Waals surface area contributed by atoms with Gasteiger partial charge in [0.2, 0.25) is 11.9 Å². The number of fused-ring (bicyclic) bond motifs is 8. The third-order valence-electron chi connectivity index (χ3n) is 13.5. The van der Waals surface area contributed by atoms with E-state index in [4.69, 9.17) is 29.9 Å². The van der Waals surface area contributed by atoms with Crippen LogP contribution in [0.1, 0.15) is 154 Å². The summed E-state index contributed by atoms with van der Waals surface area (Å²) in [4.78, 5) is 29.4. The first-order valence-electron chi connectivity index (χ1n) is 25.3. The van der Waals surface area contributed by atoms with Crippen molar-refractivity contribution in [3.63, 3.8) is 0 Å². The monoisotopic (exact) mass is 917 g/mol. The van der Waals surface area contributed by atoms with Crippen molar-refractivity contribution in [1.29, 1.82) is 0 Å². The van der Waals surface area contributed by atoms with Gasteiger partial charge >= 0.3 is 0 Å². The number of benzene rings is 2. The van der Waals surface area contributed by atoms with Crippen LogP contribution in [0, 0.1) is 27.7 Å². The number of aromatic nitrogens is 6. The standard InChI is InChI=1S/C56H76N12/c1-11-43-49-29-57-25-39-19-17-21-41(67-39)27-59-31-51-44(12-2)52(48(16-6)54(47(51)15-5)34-62-56-65-37(9)24-38(10)66-56)32-60-28-42-22-18-20-40(68-42)26-58-30-50(43)46(14-4)53(45(49)13-3)33-61-55-63-35(7)23-36(8)64-55/h17-24,57-60H,11-16,25-34H2,1-10H3,(H,61,63,64)(H,62,65,66). The summed E-state index contributed by atoms with van der Waals surface area (Å²) in [7, 11) is 0. The molecule has 12 heteroatoms. The van der Waals surface area contributed by atoms with Crippen molar-refractivity contribution < 1.29 is 0 Å². The van der Waals surface area contributed by atoms with Gasteiger partial charge in [0.15, 0.2) is 0 Å². The maximum Gasteiger partial charge on any atom is 0.223 e. The fraction of sp³-hybridized carbons (Fsp3) is 0.464. The lowest BCUT2D eigenvalue weighted by molar-refractivity contribution is 0.630. The Labute approximate surface area is 406 Å². The van der Waals surface area contributed by atoms with Gasteiger partial charge in [-0.2, -0.15) is 0 Å². The van der Waals surface area contributed by atoms with E-state index >= 15 is 0 Å². The summed E-state index contributed by atoms with van der Waals surface area (Å²) in [6, 6.07) is 16.9. The summed E-state index contributed by atoms with van der Waals surface area (Å²) in [6.45, 7) is 28.9. The van der Waals surface area contributed by atoms with Crippen molar-refractivity contribution in [2.75, 3.05) is 10.6 Å². The highest BCUT2D eigenvalue weighted by atomic mass is 15.1. The number of aryl methyl sites for hydroxylation is 4. The molecule has 1 aliphatic rings. The van der Waals surface area contributed by atoms with Gasteiger partial charge in [0, 0.05) is 88.2 Å². The number of pyridine rings is 2. The maximum atomic E-state index is 5.19. The van der Waals surface area contributed by atoms with Crippen molar-refractivity contribution in [2.45, 2.75) is 173 Å². The van der Waals surface area contributed by atoms with E-state index in [1.807, 2.05) is 39.8 Å². The van der Waals surface area contributed by atoms with Gasteiger partial charge < -0.3 is 31.9 Å². The Morgan fingerprint density at radius 2 is 0.618 bits per heavy atom. The third kappa shape index (κ3) is 12.1. The normalized spacial score (nSPS) is 13.8. The molecule has 0 atom stereocenters. The molecule has 360 valence electrons. The number of nitrogens with one attached hydrogen (secondary N) is 6. The molecule has 12 nitrogen and oxygen atoms in total. The van der Waals surface area contributed by atoms with E-state index < -0.39 is 0 Å². The second-order valence-corrected chi connectivity index (χ2v) is 18.2. The third-order valence-corrected chi connectivity index (χ3v) is 13.5. The molecule has 0 radical (unpaired) electrons. The molecular formula is C56H76N12. The maximum absolute atomic E-state index is 5.19. The molecule has 5 heterocycles. The zero-order valence-corrected chi connectivity index (χ0v) is 42.6. The molecule has 4 aromatic heterocycles. The van der Waals surface area contributed by atoms with E-state index in [0.29, 0.717) is 51.2 Å². The molecule has 0 spiro atoms. The van der Waals surface area contributed by atoms with Gasteiger partial charge in [0.05, 0.1) is 22.8 Å². The fourth-order valence-corrected chi connectivity index (χ4v) is 10.7. The van der Waals surface area contributed by atoms with Gasteiger partial charge in [-0.3, -0.25) is 9.97 Å². The Morgan fingerprint density at radius 3 is 0.868 bits per heavy atom. The van der Waals surface area contributed by atoms with E-state index in [1.165, 1.54) is 66.8 Å². The van der Waals surface area contributed by atoms with Crippen LogP contribution in [-0.4, -0.2) is 29.9 Å². The fourth-order valence-electron chi connectivity index (χ4n) is 10.7. The van der Waals surface area contributed by atoms with Gasteiger partial charge in [-0.25, -0.2) is 19.9 Å². The lowest BCUT2D eigenvalue weighted by Gasteiger charge is -2.27. The Kier molecular flexibility index (Phi) is 17.8. The van der Waals surface area contributed by atoms with Crippen LogP contribution < -0.4 is 31.9 Å². The molecule has 1 aliphatic heterocycles. The molecule has 0 unspecified atom stereocenters. The predicted molar refractivity (Wildman–Crippen MR) is 277 cm³/mol. The van der Waals surface area contributed by atoms with Gasteiger partial charge in [-0.1, -0.05) is 53.7 Å². The Morgan fingerprint density at radius 1 is 0.353 bits per heavy atom. The van der Waals surface area contributed by atoms with Crippen LogP contribution in [0.5, 0.6) is 0 Å². The summed E-state index contributed by atoms with van der Waals surface area (Å²) in [5, 5.41) is 22.7. The zero-order valence-electron chi connectivity index (χ0n) is 42.6. The molecule has 6 N–H and O–H groups in total. The molecule has 7 rings (SSSR count). The highest BCUT2D eigenvalue weighted by Crippen LogP contribution is 2.33. The molecule has 0 amide bonds. The van der Waals surface area contributed by atoms with E-state index in [-0.39, 0.29) is 0 Å². The van der Waals surface area contributed by atoms with E-state index in [2.05, 4.69) is 110 Å². The van der Waals surface area contributed by atoms with Crippen molar-refractivity contribution in [1.82, 2.24) is 51.2 Å². The average molecular weight is 917 g/mol. The number of rotatable bonds is 12. The summed E-state index contributed by atoms with van der Waals surface area (Å²) < 4.78 is 0. The Bertz CT molecular complexity index is 2340. The molecule has 0 saturated heterocycles. The first-order chi connectivity index (χ1) is 33.1. The van der Waals surface area contributed by atoms with Crippen molar-refractivity contribution in [2.24, 2.45) is 0 Å². The van der Waals surface area contributed by atoms with E-state index in [0.717, 1.165) is 110 Å². The van der Waals surface area contributed by atoms with Crippen LogP contribution in [0.15, 0.2) is 48.5 Å². The summed E-state index contributed by atoms with van der Waals surface area (Å²) >= 11 is 0. The van der Waals surface area contributed by atoms with Crippen molar-refractivity contribution in [3.8, 4) is 0 Å². The molecule has 8 bridgehead atoms. The van der Waals surface area contributed by atoms with Crippen molar-refractivity contribution in [3.05, 3.63) is 161 Å². The number of hydrogen-bond acceptors (Lipinski definition) is 12. The molecule has 0 saturated carbocycles. The van der Waals surface area contributed by atoms with Crippen LogP contribution in [0.4, 0.5) is 11.9 Å². The van der Waals surface area contributed by atoms with Gasteiger partial charge in [-0.15, -0.1) is 0 Å². The molecule has 2 aromatic carbocycles. The number of anilines is 2. The highest BCUT2D eigenvalue weighted by Gasteiger charge is 2.24. The first-order valence-corrected chi connectivity index (χ1v) is 25.3. The van der Waals surface area contributed by atoms with E-state index in [9.17, 15) is 0 Å². The smallest absolute Gasteiger partial charge is 0.223 e. The largest absolute Gasteiger partial charge is 0.350 e. The second kappa shape index (κ2) is 24.1. The van der Waals surface area contributed by atoms with Crippen LogP contribution in [0.2, 0.25) is 0 Å². The summed E-state index contributed by atoms with van der Waals surface area (Å²) in [6.07, 6.45) is 5.62. The minimum Gasteiger partial charge on any atom is -0.350 e. The molecule has 0 aliphatic carbocycles.